The minimum absolute atomic E-state index is 0.0628. The van der Waals surface area contributed by atoms with Gasteiger partial charge in [0.05, 0.1) is 18.3 Å². The molecule has 0 atom stereocenters. The second kappa shape index (κ2) is 7.93. The predicted molar refractivity (Wildman–Crippen MR) is 88.3 cm³/mol. The van der Waals surface area contributed by atoms with Crippen LogP contribution < -0.4 is 10.2 Å². The Morgan fingerprint density at radius 2 is 1.87 bits per heavy atom. The summed E-state index contributed by atoms with van der Waals surface area (Å²) in [5, 5.41) is 11.1. The summed E-state index contributed by atoms with van der Waals surface area (Å²) >= 11 is 0. The molecule has 0 saturated heterocycles. The minimum Gasteiger partial charge on any atom is -0.481 e. The molecular formula is C17H19N3O3. The molecule has 1 heterocycles. The van der Waals surface area contributed by atoms with Gasteiger partial charge in [-0.2, -0.15) is 0 Å². The van der Waals surface area contributed by atoms with E-state index in [4.69, 9.17) is 5.11 Å². The van der Waals surface area contributed by atoms with E-state index in [2.05, 4.69) is 27.3 Å². The SMILES string of the molecule is CN(Cc1ccccc1)c1ccc(NC(=O)CCC(=O)O)nc1. The number of carbonyl (C=O) groups is 2. The molecule has 1 amide bonds. The maximum atomic E-state index is 11.6. The van der Waals surface area contributed by atoms with Gasteiger partial charge in [-0.25, -0.2) is 4.98 Å². The Morgan fingerprint density at radius 1 is 1.13 bits per heavy atom. The van der Waals surface area contributed by atoms with Gasteiger partial charge in [-0.05, 0) is 17.7 Å². The third kappa shape index (κ3) is 5.43. The van der Waals surface area contributed by atoms with E-state index in [0.29, 0.717) is 5.82 Å². The van der Waals surface area contributed by atoms with Gasteiger partial charge in [0, 0.05) is 20.0 Å². The molecule has 1 aromatic carbocycles. The molecule has 0 spiro atoms. The maximum absolute atomic E-state index is 11.6. The van der Waals surface area contributed by atoms with Gasteiger partial charge in [-0.15, -0.1) is 0 Å². The van der Waals surface area contributed by atoms with E-state index in [1.165, 1.54) is 5.56 Å². The van der Waals surface area contributed by atoms with Crippen LogP contribution in [-0.2, 0) is 16.1 Å². The summed E-state index contributed by atoms with van der Waals surface area (Å²) in [6.45, 7) is 0.757. The number of hydrogen-bond acceptors (Lipinski definition) is 4. The first-order valence-electron chi connectivity index (χ1n) is 7.27. The fourth-order valence-corrected chi connectivity index (χ4v) is 2.06. The zero-order valence-electron chi connectivity index (χ0n) is 12.9. The number of anilines is 2. The van der Waals surface area contributed by atoms with Gasteiger partial charge in [0.1, 0.15) is 5.82 Å². The van der Waals surface area contributed by atoms with E-state index in [1.54, 1.807) is 12.3 Å². The van der Waals surface area contributed by atoms with Crippen LogP contribution >= 0.6 is 0 Å². The van der Waals surface area contributed by atoms with Crippen molar-refractivity contribution in [3.05, 3.63) is 54.2 Å². The average Bonchev–Trinajstić information content (AvgIpc) is 2.54. The number of amides is 1. The van der Waals surface area contributed by atoms with Crippen LogP contribution in [0.2, 0.25) is 0 Å². The number of aliphatic carboxylic acids is 1. The van der Waals surface area contributed by atoms with Gasteiger partial charge in [-0.3, -0.25) is 9.59 Å². The molecular weight excluding hydrogens is 294 g/mol. The normalized spacial score (nSPS) is 10.1. The van der Waals surface area contributed by atoms with E-state index in [9.17, 15) is 9.59 Å². The summed E-state index contributed by atoms with van der Waals surface area (Å²) in [7, 11) is 1.97. The van der Waals surface area contributed by atoms with E-state index >= 15 is 0 Å². The van der Waals surface area contributed by atoms with Crippen molar-refractivity contribution in [1.82, 2.24) is 4.98 Å². The number of nitrogens with zero attached hydrogens (tertiary/aromatic N) is 2. The molecule has 2 aromatic rings. The van der Waals surface area contributed by atoms with Crippen molar-refractivity contribution in [2.24, 2.45) is 0 Å². The highest BCUT2D eigenvalue weighted by Crippen LogP contribution is 2.16. The molecule has 0 bridgehead atoms. The highest BCUT2D eigenvalue weighted by Gasteiger charge is 2.07. The monoisotopic (exact) mass is 313 g/mol. The molecule has 120 valence electrons. The molecule has 0 unspecified atom stereocenters. The van der Waals surface area contributed by atoms with Crippen molar-refractivity contribution >= 4 is 23.4 Å². The number of rotatable bonds is 7. The van der Waals surface area contributed by atoms with Gasteiger partial charge in [0.2, 0.25) is 5.91 Å². The Labute approximate surface area is 134 Å². The predicted octanol–water partition coefficient (Wildman–Crippen LogP) is 2.52. The van der Waals surface area contributed by atoms with Crippen LogP contribution in [0.15, 0.2) is 48.7 Å². The molecule has 0 aliphatic rings. The number of hydrogen-bond donors (Lipinski definition) is 2. The summed E-state index contributed by atoms with van der Waals surface area (Å²) in [5.74, 6) is -0.937. The fraction of sp³-hybridized carbons (Fsp3) is 0.235. The minimum atomic E-state index is -0.994. The molecule has 6 nitrogen and oxygen atoms in total. The van der Waals surface area contributed by atoms with Gasteiger partial charge < -0.3 is 15.3 Å². The lowest BCUT2D eigenvalue weighted by Crippen LogP contribution is -2.17. The molecule has 0 saturated carbocycles. The van der Waals surface area contributed by atoms with Crippen molar-refractivity contribution in [3.63, 3.8) is 0 Å². The summed E-state index contributed by atoms with van der Waals surface area (Å²) in [6, 6.07) is 13.7. The first-order chi connectivity index (χ1) is 11.0. The zero-order chi connectivity index (χ0) is 16.7. The summed E-state index contributed by atoms with van der Waals surface area (Å²) in [4.78, 5) is 28.2. The topological polar surface area (TPSA) is 82.5 Å². The number of carboxylic acids is 1. The van der Waals surface area contributed by atoms with Crippen molar-refractivity contribution in [1.29, 1.82) is 0 Å². The van der Waals surface area contributed by atoms with E-state index < -0.39 is 5.97 Å². The number of nitrogens with one attached hydrogen (secondary N) is 1. The van der Waals surface area contributed by atoms with E-state index in [-0.39, 0.29) is 18.7 Å². The molecule has 23 heavy (non-hydrogen) atoms. The molecule has 0 aliphatic carbocycles. The Hall–Kier alpha value is -2.89. The van der Waals surface area contributed by atoms with Crippen LogP contribution in [0.5, 0.6) is 0 Å². The van der Waals surface area contributed by atoms with Crippen molar-refractivity contribution in [2.75, 3.05) is 17.3 Å². The van der Waals surface area contributed by atoms with E-state index in [0.717, 1.165) is 12.2 Å². The number of carbonyl (C=O) groups excluding carboxylic acids is 1. The standard InChI is InChI=1S/C17H19N3O3/c1-20(12-13-5-3-2-4-6-13)14-7-8-15(18-11-14)19-16(21)9-10-17(22)23/h2-8,11H,9-10,12H2,1H3,(H,22,23)(H,18,19,21). The first kappa shape index (κ1) is 16.5. The lowest BCUT2D eigenvalue weighted by atomic mass is 10.2. The largest absolute Gasteiger partial charge is 0.481 e. The molecule has 0 fully saturated rings. The second-order valence-electron chi connectivity index (χ2n) is 5.19. The van der Waals surface area contributed by atoms with Gasteiger partial charge in [0.15, 0.2) is 0 Å². The maximum Gasteiger partial charge on any atom is 0.303 e. The van der Waals surface area contributed by atoms with Gasteiger partial charge in [-0.1, -0.05) is 30.3 Å². The molecule has 1 aromatic heterocycles. The number of aromatic nitrogens is 1. The molecule has 2 N–H and O–H groups in total. The van der Waals surface area contributed by atoms with Crippen LogP contribution in [0.25, 0.3) is 0 Å². The number of carboxylic acid groups (broad SMARTS) is 1. The highest BCUT2D eigenvalue weighted by atomic mass is 16.4. The van der Waals surface area contributed by atoms with Crippen molar-refractivity contribution < 1.29 is 14.7 Å². The molecule has 0 radical (unpaired) electrons. The molecule has 2 rings (SSSR count). The van der Waals surface area contributed by atoms with E-state index in [1.807, 2.05) is 31.3 Å². The van der Waals surface area contributed by atoms with Crippen LogP contribution in [0.4, 0.5) is 11.5 Å². The fourth-order valence-electron chi connectivity index (χ4n) is 2.06. The Bertz CT molecular complexity index is 657. The third-order valence-corrected chi connectivity index (χ3v) is 3.28. The number of benzene rings is 1. The summed E-state index contributed by atoms with van der Waals surface area (Å²) in [5.41, 5.74) is 2.12. The number of pyridine rings is 1. The van der Waals surface area contributed by atoms with Gasteiger partial charge >= 0.3 is 5.97 Å². The quantitative estimate of drug-likeness (QED) is 0.821. The van der Waals surface area contributed by atoms with Crippen LogP contribution in [0.3, 0.4) is 0 Å². The third-order valence-electron chi connectivity index (χ3n) is 3.28. The smallest absolute Gasteiger partial charge is 0.303 e. The Balaban J connectivity index is 1.91. The van der Waals surface area contributed by atoms with Crippen molar-refractivity contribution in [3.8, 4) is 0 Å². The van der Waals surface area contributed by atoms with Crippen LogP contribution in [-0.4, -0.2) is 29.0 Å². The zero-order valence-corrected chi connectivity index (χ0v) is 12.9. The molecule has 6 heteroatoms. The first-order valence-corrected chi connectivity index (χ1v) is 7.27. The Kier molecular flexibility index (Phi) is 5.68. The van der Waals surface area contributed by atoms with Crippen LogP contribution in [0.1, 0.15) is 18.4 Å². The van der Waals surface area contributed by atoms with Crippen molar-refractivity contribution in [2.45, 2.75) is 19.4 Å². The average molecular weight is 313 g/mol. The highest BCUT2D eigenvalue weighted by molar-refractivity contribution is 5.91. The second-order valence-corrected chi connectivity index (χ2v) is 5.19. The van der Waals surface area contributed by atoms with Crippen LogP contribution in [0, 0.1) is 0 Å². The lowest BCUT2D eigenvalue weighted by molar-refractivity contribution is -0.138. The summed E-state index contributed by atoms with van der Waals surface area (Å²) < 4.78 is 0. The van der Waals surface area contributed by atoms with Gasteiger partial charge in [0.25, 0.3) is 0 Å². The summed E-state index contributed by atoms with van der Waals surface area (Å²) in [6.07, 6.45) is 1.42. The molecule has 0 aliphatic heterocycles. The Morgan fingerprint density at radius 3 is 2.48 bits per heavy atom. The lowest BCUT2D eigenvalue weighted by Gasteiger charge is -2.19.